The molecule has 0 unspecified atom stereocenters. The SMILES string of the molecule is CCOOc1ccc([S+](C)C)cc1. The van der Waals surface area contributed by atoms with Crippen LogP contribution in [0, 0.1) is 0 Å². The maximum Gasteiger partial charge on any atom is 0.165 e. The van der Waals surface area contributed by atoms with Crippen LogP contribution < -0.4 is 4.89 Å². The third kappa shape index (κ3) is 3.28. The first-order valence-electron chi connectivity index (χ1n) is 4.21. The topological polar surface area (TPSA) is 18.5 Å². The molecule has 1 aromatic carbocycles. The van der Waals surface area contributed by atoms with E-state index in [-0.39, 0.29) is 0 Å². The molecule has 0 radical (unpaired) electrons. The Morgan fingerprint density at radius 1 is 1.15 bits per heavy atom. The highest BCUT2D eigenvalue weighted by Gasteiger charge is 2.07. The quantitative estimate of drug-likeness (QED) is 0.420. The Hall–Kier alpha value is -0.670. The predicted molar refractivity (Wildman–Crippen MR) is 56.2 cm³/mol. The highest BCUT2D eigenvalue weighted by molar-refractivity contribution is 7.95. The average Bonchev–Trinajstić information content (AvgIpc) is 2.15. The summed E-state index contributed by atoms with van der Waals surface area (Å²) in [6.45, 7) is 2.46. The van der Waals surface area contributed by atoms with Crippen LogP contribution in [0.5, 0.6) is 5.75 Å². The third-order valence-corrected chi connectivity index (χ3v) is 2.78. The minimum Gasteiger partial charge on any atom is -0.338 e. The van der Waals surface area contributed by atoms with E-state index >= 15 is 0 Å². The van der Waals surface area contributed by atoms with E-state index in [0.29, 0.717) is 17.5 Å². The Morgan fingerprint density at radius 3 is 2.23 bits per heavy atom. The van der Waals surface area contributed by atoms with E-state index in [9.17, 15) is 0 Å². The largest absolute Gasteiger partial charge is 0.338 e. The second-order valence-electron chi connectivity index (χ2n) is 2.78. The summed E-state index contributed by atoms with van der Waals surface area (Å²) in [6.07, 6.45) is 4.39. The molecule has 0 spiro atoms. The maximum absolute atomic E-state index is 4.99. The Labute approximate surface area is 82.1 Å². The highest BCUT2D eigenvalue weighted by atomic mass is 32.2. The molecular weight excluding hydrogens is 184 g/mol. The van der Waals surface area contributed by atoms with Crippen molar-refractivity contribution in [1.82, 2.24) is 0 Å². The molecule has 3 heteroatoms. The highest BCUT2D eigenvalue weighted by Crippen LogP contribution is 2.15. The number of hydrogen-bond donors (Lipinski definition) is 0. The fraction of sp³-hybridized carbons (Fsp3) is 0.400. The first-order valence-corrected chi connectivity index (χ1v) is 6.25. The van der Waals surface area contributed by atoms with Crippen molar-refractivity contribution in [3.05, 3.63) is 24.3 Å². The van der Waals surface area contributed by atoms with Gasteiger partial charge >= 0.3 is 0 Å². The van der Waals surface area contributed by atoms with E-state index in [0.717, 1.165) is 5.75 Å². The van der Waals surface area contributed by atoms with Gasteiger partial charge in [-0.15, -0.1) is 0 Å². The van der Waals surface area contributed by atoms with Crippen molar-refractivity contribution in [2.75, 3.05) is 19.1 Å². The van der Waals surface area contributed by atoms with Gasteiger partial charge < -0.3 is 4.89 Å². The molecule has 0 N–H and O–H groups in total. The summed E-state index contributed by atoms with van der Waals surface area (Å²) in [5.41, 5.74) is 0. The molecule has 0 atom stereocenters. The van der Waals surface area contributed by atoms with Gasteiger partial charge in [0, 0.05) is 10.9 Å². The predicted octanol–water partition coefficient (Wildman–Crippen LogP) is 2.25. The van der Waals surface area contributed by atoms with Crippen LogP contribution in [-0.2, 0) is 15.8 Å². The van der Waals surface area contributed by atoms with Crippen molar-refractivity contribution in [3.8, 4) is 5.75 Å². The molecule has 1 rings (SSSR count). The minimum absolute atomic E-state index is 0.311. The fourth-order valence-corrected chi connectivity index (χ4v) is 1.57. The maximum atomic E-state index is 4.99. The van der Waals surface area contributed by atoms with E-state index in [1.54, 1.807) is 0 Å². The van der Waals surface area contributed by atoms with Gasteiger partial charge in [0.15, 0.2) is 10.6 Å². The van der Waals surface area contributed by atoms with Gasteiger partial charge in [-0.1, -0.05) is 0 Å². The molecule has 0 aliphatic heterocycles. The van der Waals surface area contributed by atoms with Crippen LogP contribution >= 0.6 is 0 Å². The lowest BCUT2D eigenvalue weighted by molar-refractivity contribution is -0.202. The number of hydrogen-bond acceptors (Lipinski definition) is 2. The van der Waals surface area contributed by atoms with Crippen LogP contribution in [0.3, 0.4) is 0 Å². The lowest BCUT2D eigenvalue weighted by Gasteiger charge is -2.02. The first kappa shape index (κ1) is 10.4. The number of benzene rings is 1. The van der Waals surface area contributed by atoms with Gasteiger partial charge in [-0.25, -0.2) is 0 Å². The fourth-order valence-electron chi connectivity index (χ4n) is 0.894. The molecule has 0 aliphatic carbocycles. The van der Waals surface area contributed by atoms with Crippen LogP contribution in [0.4, 0.5) is 0 Å². The van der Waals surface area contributed by atoms with Crippen molar-refractivity contribution in [1.29, 1.82) is 0 Å². The summed E-state index contributed by atoms with van der Waals surface area (Å²) < 4.78 is 0. The van der Waals surface area contributed by atoms with E-state index < -0.39 is 0 Å². The second kappa shape index (κ2) is 5.14. The first-order chi connectivity index (χ1) is 6.24. The molecule has 0 heterocycles. The smallest absolute Gasteiger partial charge is 0.165 e. The van der Waals surface area contributed by atoms with Gasteiger partial charge in [0.25, 0.3) is 0 Å². The third-order valence-electron chi connectivity index (χ3n) is 1.57. The van der Waals surface area contributed by atoms with Gasteiger partial charge in [-0.3, -0.25) is 0 Å². The average molecular weight is 199 g/mol. The van der Waals surface area contributed by atoms with Crippen molar-refractivity contribution in [3.63, 3.8) is 0 Å². The van der Waals surface area contributed by atoms with Crippen LogP contribution in [0.1, 0.15) is 6.92 Å². The Bertz CT molecular complexity index is 244. The van der Waals surface area contributed by atoms with E-state index in [4.69, 9.17) is 9.78 Å². The Morgan fingerprint density at radius 2 is 1.77 bits per heavy atom. The molecule has 13 heavy (non-hydrogen) atoms. The zero-order valence-electron chi connectivity index (χ0n) is 8.24. The van der Waals surface area contributed by atoms with Crippen LogP contribution in [-0.4, -0.2) is 19.1 Å². The van der Waals surface area contributed by atoms with Crippen LogP contribution in [0.25, 0.3) is 0 Å². The minimum atomic E-state index is 0.311. The lowest BCUT2D eigenvalue weighted by Crippen LogP contribution is -1.97. The van der Waals surface area contributed by atoms with Crippen molar-refractivity contribution in [2.24, 2.45) is 0 Å². The van der Waals surface area contributed by atoms with Crippen molar-refractivity contribution < 1.29 is 9.78 Å². The molecule has 1 aromatic rings. The molecule has 2 nitrogen and oxygen atoms in total. The van der Waals surface area contributed by atoms with E-state index in [1.807, 2.05) is 19.1 Å². The summed E-state index contributed by atoms with van der Waals surface area (Å²) in [7, 11) is 0.311. The molecular formula is C10H15O2S+. The summed E-state index contributed by atoms with van der Waals surface area (Å²) in [5, 5.41) is 0. The monoisotopic (exact) mass is 199 g/mol. The van der Waals surface area contributed by atoms with Crippen molar-refractivity contribution >= 4 is 10.9 Å². The molecule has 0 fully saturated rings. The zero-order valence-corrected chi connectivity index (χ0v) is 9.06. The van der Waals surface area contributed by atoms with Gasteiger partial charge in [-0.05, 0) is 31.2 Å². The number of rotatable bonds is 4. The molecule has 72 valence electrons. The Kier molecular flexibility index (Phi) is 4.12. The zero-order chi connectivity index (χ0) is 9.68. The Balaban J connectivity index is 2.59. The molecule has 0 bridgehead atoms. The van der Waals surface area contributed by atoms with Gasteiger partial charge in [0.1, 0.15) is 12.5 Å². The summed E-state index contributed by atoms with van der Waals surface area (Å²) in [5.74, 6) is 0.760. The van der Waals surface area contributed by atoms with Crippen LogP contribution in [0.2, 0.25) is 0 Å². The van der Waals surface area contributed by atoms with E-state index in [1.165, 1.54) is 4.90 Å². The van der Waals surface area contributed by atoms with Crippen molar-refractivity contribution in [2.45, 2.75) is 11.8 Å². The molecule has 0 saturated carbocycles. The molecule has 0 aliphatic rings. The normalized spacial score (nSPS) is 10.5. The summed E-state index contributed by atoms with van der Waals surface area (Å²) >= 11 is 0. The van der Waals surface area contributed by atoms with Gasteiger partial charge in [0.2, 0.25) is 0 Å². The lowest BCUT2D eigenvalue weighted by atomic mass is 10.3. The second-order valence-corrected chi connectivity index (χ2v) is 4.88. The van der Waals surface area contributed by atoms with Gasteiger partial charge in [0.05, 0.1) is 6.61 Å². The van der Waals surface area contributed by atoms with Gasteiger partial charge in [-0.2, -0.15) is 4.89 Å². The van der Waals surface area contributed by atoms with Crippen LogP contribution in [0.15, 0.2) is 29.2 Å². The molecule has 0 saturated heterocycles. The summed E-state index contributed by atoms with van der Waals surface area (Å²) in [4.78, 5) is 11.2. The molecule has 0 amide bonds. The summed E-state index contributed by atoms with van der Waals surface area (Å²) in [6, 6.07) is 7.99. The molecule has 0 aromatic heterocycles. The van der Waals surface area contributed by atoms with E-state index in [2.05, 4.69) is 24.6 Å². The standard InChI is InChI=1S/C10H15O2S/c1-4-11-12-9-5-7-10(8-6-9)13(2)3/h5-8H,4H2,1-3H3/q+1.